The Morgan fingerprint density at radius 2 is 2.12 bits per heavy atom. The van der Waals surface area contributed by atoms with Gasteiger partial charge in [0.1, 0.15) is 0 Å². The van der Waals surface area contributed by atoms with E-state index in [0.717, 1.165) is 18.7 Å². The molecule has 5 heteroatoms. The van der Waals surface area contributed by atoms with Gasteiger partial charge in [0.15, 0.2) is 5.82 Å². The molecule has 0 spiro atoms. The van der Waals surface area contributed by atoms with Crippen LogP contribution in [0.5, 0.6) is 0 Å². The number of ether oxygens (including phenoxy) is 1. The molecule has 1 N–H and O–H groups in total. The van der Waals surface area contributed by atoms with E-state index in [2.05, 4.69) is 15.5 Å². The van der Waals surface area contributed by atoms with Crippen LogP contribution in [0.25, 0.3) is 0 Å². The van der Waals surface area contributed by atoms with Crippen LogP contribution in [-0.2, 0) is 4.74 Å². The second kappa shape index (κ2) is 3.20. The van der Waals surface area contributed by atoms with Crippen LogP contribution in [0.2, 0.25) is 0 Å². The van der Waals surface area contributed by atoms with Gasteiger partial charge in [-0.05, 0) is 32.1 Å². The van der Waals surface area contributed by atoms with E-state index in [9.17, 15) is 0 Å². The van der Waals surface area contributed by atoms with Crippen LogP contribution in [-0.4, -0.2) is 28.4 Å². The average molecular weight is 221 g/mol. The summed E-state index contributed by atoms with van der Waals surface area (Å²) in [6.45, 7) is 0. The summed E-state index contributed by atoms with van der Waals surface area (Å²) in [5.74, 6) is 1.42. The molecule has 1 aromatic heterocycles. The zero-order valence-electron chi connectivity index (χ0n) is 9.06. The number of nitrogens with zero attached hydrogens (tertiary/aromatic N) is 2. The number of nitrogens with one attached hydrogen (secondary N) is 1. The Balaban J connectivity index is 1.45. The molecule has 0 amide bonds. The Kier molecular flexibility index (Phi) is 1.80. The van der Waals surface area contributed by atoms with Gasteiger partial charge in [-0.2, -0.15) is 4.98 Å². The van der Waals surface area contributed by atoms with Crippen LogP contribution in [0.3, 0.4) is 0 Å². The van der Waals surface area contributed by atoms with Gasteiger partial charge in [-0.1, -0.05) is 5.16 Å². The SMILES string of the molecule is C1CC1c1noc(N[C@H]2C[C@H]3CC[C@H]2O3)n1. The summed E-state index contributed by atoms with van der Waals surface area (Å²) < 4.78 is 11.0. The monoisotopic (exact) mass is 221 g/mol. The summed E-state index contributed by atoms with van der Waals surface area (Å²) in [5, 5.41) is 7.30. The first-order valence-corrected chi connectivity index (χ1v) is 6.14. The van der Waals surface area contributed by atoms with Crippen LogP contribution < -0.4 is 5.32 Å². The molecule has 3 atom stereocenters. The van der Waals surface area contributed by atoms with Crippen molar-refractivity contribution >= 4 is 6.01 Å². The first-order valence-electron chi connectivity index (χ1n) is 6.14. The van der Waals surface area contributed by atoms with E-state index in [-0.39, 0.29) is 0 Å². The Labute approximate surface area is 93.5 Å². The van der Waals surface area contributed by atoms with Crippen LogP contribution in [0.15, 0.2) is 4.52 Å². The maximum absolute atomic E-state index is 5.77. The van der Waals surface area contributed by atoms with E-state index >= 15 is 0 Å². The van der Waals surface area contributed by atoms with Gasteiger partial charge in [0.05, 0.1) is 18.2 Å². The second-order valence-corrected chi connectivity index (χ2v) is 5.09. The molecular formula is C11H15N3O2. The van der Waals surface area contributed by atoms with Crippen LogP contribution in [0.4, 0.5) is 6.01 Å². The fourth-order valence-corrected chi connectivity index (χ4v) is 2.75. The molecule has 0 radical (unpaired) electrons. The van der Waals surface area contributed by atoms with Gasteiger partial charge in [0.2, 0.25) is 0 Å². The van der Waals surface area contributed by atoms with Crippen molar-refractivity contribution in [2.75, 3.05) is 5.32 Å². The molecule has 4 rings (SSSR count). The van der Waals surface area contributed by atoms with Crippen molar-refractivity contribution in [1.29, 1.82) is 0 Å². The second-order valence-electron chi connectivity index (χ2n) is 5.09. The van der Waals surface area contributed by atoms with Crippen LogP contribution in [0.1, 0.15) is 43.8 Å². The van der Waals surface area contributed by atoms with Crippen molar-refractivity contribution in [3.8, 4) is 0 Å². The summed E-state index contributed by atoms with van der Waals surface area (Å²) in [7, 11) is 0. The molecule has 3 fully saturated rings. The van der Waals surface area contributed by atoms with Crippen LogP contribution >= 0.6 is 0 Å². The first kappa shape index (κ1) is 8.98. The van der Waals surface area contributed by atoms with Gasteiger partial charge in [0.25, 0.3) is 0 Å². The Hall–Kier alpha value is -1.10. The molecule has 1 saturated carbocycles. The van der Waals surface area contributed by atoms with Gasteiger partial charge < -0.3 is 14.6 Å². The lowest BCUT2D eigenvalue weighted by molar-refractivity contribution is 0.102. The van der Waals surface area contributed by atoms with Crippen LogP contribution in [0, 0.1) is 0 Å². The van der Waals surface area contributed by atoms with E-state index in [1.165, 1.54) is 19.3 Å². The van der Waals surface area contributed by atoms with Gasteiger partial charge in [-0.25, -0.2) is 0 Å². The largest absolute Gasteiger partial charge is 0.373 e. The number of hydrogen-bond acceptors (Lipinski definition) is 5. The standard InChI is InChI=1S/C11H15N3O2/c1-2-6(1)10-13-11(16-14-10)12-8-5-7-3-4-9(8)15-7/h6-9H,1-5H2,(H,12,13,14)/t7-,8+,9-/m1/s1. The zero-order valence-corrected chi connectivity index (χ0v) is 9.06. The van der Waals surface area contributed by atoms with Crippen molar-refractivity contribution in [2.24, 2.45) is 0 Å². The molecule has 2 saturated heterocycles. The smallest absolute Gasteiger partial charge is 0.321 e. The highest BCUT2D eigenvalue weighted by molar-refractivity contribution is 5.25. The molecule has 16 heavy (non-hydrogen) atoms. The van der Waals surface area contributed by atoms with E-state index in [1.54, 1.807) is 0 Å². The van der Waals surface area contributed by atoms with E-state index < -0.39 is 0 Å². The summed E-state index contributed by atoms with van der Waals surface area (Å²) in [6, 6.07) is 0.939. The van der Waals surface area contributed by atoms with Gasteiger partial charge in [0, 0.05) is 5.92 Å². The molecule has 3 heterocycles. The molecule has 0 unspecified atom stereocenters. The third-order valence-corrected chi connectivity index (χ3v) is 3.80. The molecule has 0 aromatic carbocycles. The topological polar surface area (TPSA) is 60.2 Å². The summed E-state index contributed by atoms with van der Waals surface area (Å²) in [4.78, 5) is 4.37. The number of hydrogen-bond donors (Lipinski definition) is 1. The summed E-state index contributed by atoms with van der Waals surface area (Å²) >= 11 is 0. The third kappa shape index (κ3) is 1.42. The van der Waals surface area contributed by atoms with E-state index in [4.69, 9.17) is 9.26 Å². The third-order valence-electron chi connectivity index (χ3n) is 3.80. The van der Waals surface area contributed by atoms with Crippen molar-refractivity contribution in [3.63, 3.8) is 0 Å². The van der Waals surface area contributed by atoms with Crippen molar-refractivity contribution in [3.05, 3.63) is 5.82 Å². The van der Waals surface area contributed by atoms with E-state index in [1.807, 2.05) is 0 Å². The number of anilines is 1. The highest BCUT2D eigenvalue weighted by Gasteiger charge is 2.41. The molecular weight excluding hydrogens is 206 g/mol. The lowest BCUT2D eigenvalue weighted by Crippen LogP contribution is -2.30. The maximum Gasteiger partial charge on any atom is 0.321 e. The molecule has 2 bridgehead atoms. The molecule has 86 valence electrons. The Morgan fingerprint density at radius 3 is 2.81 bits per heavy atom. The lowest BCUT2D eigenvalue weighted by atomic mass is 9.96. The number of rotatable bonds is 3. The number of fused-ring (bicyclic) bond motifs is 2. The van der Waals surface area contributed by atoms with Gasteiger partial charge in [-0.3, -0.25) is 0 Å². The van der Waals surface area contributed by atoms with Crippen molar-refractivity contribution in [1.82, 2.24) is 10.1 Å². The zero-order chi connectivity index (χ0) is 10.5. The molecule has 1 aliphatic carbocycles. The minimum atomic E-state index is 0.348. The first-order chi connectivity index (χ1) is 7.88. The summed E-state index contributed by atoms with van der Waals surface area (Å²) in [5.41, 5.74) is 0. The van der Waals surface area contributed by atoms with Gasteiger partial charge >= 0.3 is 6.01 Å². The molecule has 3 aliphatic rings. The highest BCUT2D eigenvalue weighted by atomic mass is 16.5. The minimum Gasteiger partial charge on any atom is -0.373 e. The molecule has 2 aliphatic heterocycles. The predicted molar refractivity (Wildman–Crippen MR) is 56.2 cm³/mol. The van der Waals surface area contributed by atoms with E-state index in [0.29, 0.717) is 30.2 Å². The van der Waals surface area contributed by atoms with Gasteiger partial charge in [-0.15, -0.1) is 0 Å². The van der Waals surface area contributed by atoms with Crippen molar-refractivity contribution in [2.45, 2.75) is 56.3 Å². The Bertz CT molecular complexity index is 402. The quantitative estimate of drug-likeness (QED) is 0.841. The average Bonchev–Trinajstić information content (AvgIpc) is 2.76. The summed E-state index contributed by atoms with van der Waals surface area (Å²) in [6.07, 6.45) is 6.65. The normalized spacial score (nSPS) is 36.9. The minimum absolute atomic E-state index is 0.348. The fourth-order valence-electron chi connectivity index (χ4n) is 2.75. The Morgan fingerprint density at radius 1 is 1.19 bits per heavy atom. The van der Waals surface area contributed by atoms with Crippen molar-refractivity contribution < 1.29 is 9.26 Å². The lowest BCUT2D eigenvalue weighted by Gasteiger charge is -2.18. The number of aromatic nitrogens is 2. The maximum atomic E-state index is 5.77. The fraction of sp³-hybridized carbons (Fsp3) is 0.818. The molecule has 1 aromatic rings. The highest BCUT2D eigenvalue weighted by Crippen LogP contribution is 2.39. The molecule has 5 nitrogen and oxygen atoms in total. The predicted octanol–water partition coefficient (Wildman–Crippen LogP) is 1.68.